The summed E-state index contributed by atoms with van der Waals surface area (Å²) >= 11 is 1.58. The number of nitrogens with zero attached hydrogens (tertiary/aromatic N) is 8. The molecule has 18 nitrogen and oxygen atoms in total. The number of anilines is 2. The third kappa shape index (κ3) is 14.1. The first-order chi connectivity index (χ1) is 35.3. The van der Waals surface area contributed by atoms with Crippen LogP contribution in [-0.4, -0.2) is 127 Å². The Labute approximate surface area is 431 Å². The third-order valence-electron chi connectivity index (χ3n) is 13.7. The molecule has 2 aromatic carbocycles. The summed E-state index contributed by atoms with van der Waals surface area (Å²) < 4.78 is 7.28. The van der Waals surface area contributed by atoms with Gasteiger partial charge in [0.15, 0.2) is 5.65 Å². The van der Waals surface area contributed by atoms with Crippen molar-refractivity contribution in [2.24, 2.45) is 5.41 Å². The number of hydrogen-bond donors (Lipinski definition) is 5. The number of furan rings is 1. The minimum Gasteiger partial charge on any atom is -0.467 e. The number of piperazine rings is 1. The summed E-state index contributed by atoms with van der Waals surface area (Å²) in [5, 5.41) is 31.4. The zero-order chi connectivity index (χ0) is 51.3. The number of aryl methyl sites for hydroxylation is 1. The number of rotatable bonds is 23. The first-order valence-electron chi connectivity index (χ1n) is 25.6. The molecule has 4 aromatic heterocycles. The van der Waals surface area contributed by atoms with Gasteiger partial charge in [-0.05, 0) is 85.5 Å². The van der Waals surface area contributed by atoms with Crippen LogP contribution in [0, 0.1) is 12.3 Å². The zero-order valence-corrected chi connectivity index (χ0v) is 43.3. The largest absolute Gasteiger partial charge is 0.467 e. The number of thiazole rings is 1. The van der Waals surface area contributed by atoms with Crippen molar-refractivity contribution < 1.29 is 28.7 Å². The van der Waals surface area contributed by atoms with Crippen LogP contribution in [0.15, 0.2) is 89.4 Å². The van der Waals surface area contributed by atoms with Gasteiger partial charge in [0.05, 0.1) is 35.0 Å². The lowest BCUT2D eigenvalue weighted by Crippen LogP contribution is -2.57. The van der Waals surface area contributed by atoms with Crippen molar-refractivity contribution in [1.29, 1.82) is 0 Å². The second kappa shape index (κ2) is 24.8. The van der Waals surface area contributed by atoms with Crippen LogP contribution < -0.4 is 26.2 Å². The SMILES string of the molecule is Cc1ncsc1-c1ccc(CNC(=O)C2CC(O)CN2C(=O)C(NC(=O)CCCCCCNC(=O)CCCCN2CCN(c3ccc(-c4cnc(NCc5ccco5)n5cnnc45)cc3)CC2)C(C)(C)C)cc1. The molecule has 3 atom stereocenters. The predicted molar refractivity (Wildman–Crippen MR) is 282 cm³/mol. The van der Waals surface area contributed by atoms with Gasteiger partial charge in [-0.1, -0.05) is 70.0 Å². The van der Waals surface area contributed by atoms with Crippen LogP contribution in [0.1, 0.15) is 95.6 Å². The van der Waals surface area contributed by atoms with Gasteiger partial charge in [0.25, 0.3) is 0 Å². The summed E-state index contributed by atoms with van der Waals surface area (Å²) in [4.78, 5) is 69.7. The van der Waals surface area contributed by atoms with Crippen molar-refractivity contribution in [1.82, 2.24) is 50.3 Å². The highest BCUT2D eigenvalue weighted by molar-refractivity contribution is 7.13. The fourth-order valence-corrected chi connectivity index (χ4v) is 10.3. The molecule has 0 bridgehead atoms. The minimum absolute atomic E-state index is 0.0223. The molecule has 4 amide bonds. The Hall–Kier alpha value is -6.70. The van der Waals surface area contributed by atoms with Crippen LogP contribution in [0.25, 0.3) is 27.2 Å². The molecule has 0 spiro atoms. The van der Waals surface area contributed by atoms with E-state index in [1.165, 1.54) is 10.6 Å². The quantitative estimate of drug-likeness (QED) is 0.0429. The fraction of sp³-hybridized carbons (Fsp3) is 0.481. The van der Waals surface area contributed by atoms with E-state index < -0.39 is 23.6 Å². The molecule has 73 heavy (non-hydrogen) atoms. The number of aliphatic hydroxyl groups excluding tert-OH is 1. The summed E-state index contributed by atoms with van der Waals surface area (Å²) in [6.45, 7) is 13.8. The van der Waals surface area contributed by atoms with Crippen molar-refractivity contribution in [2.45, 2.75) is 117 Å². The van der Waals surface area contributed by atoms with Crippen molar-refractivity contribution in [2.75, 3.05) is 56.0 Å². The second-order valence-corrected chi connectivity index (χ2v) is 21.1. The lowest BCUT2D eigenvalue weighted by Gasteiger charge is -2.36. The molecule has 0 saturated carbocycles. The Morgan fingerprint density at radius 3 is 2.32 bits per heavy atom. The summed E-state index contributed by atoms with van der Waals surface area (Å²) in [6, 6.07) is 18.5. The zero-order valence-electron chi connectivity index (χ0n) is 42.5. The smallest absolute Gasteiger partial charge is 0.246 e. The molecule has 6 aromatic rings. The van der Waals surface area contributed by atoms with Crippen molar-refractivity contribution in [3.8, 4) is 21.6 Å². The maximum absolute atomic E-state index is 14.0. The number of aromatic nitrogens is 5. The Balaban J connectivity index is 0.669. The highest BCUT2D eigenvalue weighted by Gasteiger charge is 2.44. The molecule has 8 rings (SSSR count). The van der Waals surface area contributed by atoms with Gasteiger partial charge in [0, 0.05) is 82.5 Å². The number of carbonyl (C=O) groups is 4. The molecule has 388 valence electrons. The van der Waals surface area contributed by atoms with Gasteiger partial charge in [0.1, 0.15) is 24.2 Å². The van der Waals surface area contributed by atoms with Crippen molar-refractivity contribution in [3.05, 3.63) is 102 Å². The number of carbonyl (C=O) groups excluding carboxylic acids is 4. The van der Waals surface area contributed by atoms with Crippen LogP contribution >= 0.6 is 11.3 Å². The Morgan fingerprint density at radius 1 is 0.849 bits per heavy atom. The standard InChI is InChI=1S/C54H70N12O6S/c1-37-48(73-36-59-37)40-17-15-38(16-18-40)31-56-51(70)45-30-42(67)34-65(45)52(71)49(54(2,3)4)61-47(69)14-7-5-6-9-23-55-46(68)13-8-10-24-63-25-27-64(28-26-63)41-21-19-39(20-22-41)44-33-58-53(66-35-60-62-50(44)66)57-32-43-12-11-29-72-43/h11-12,15-22,29,33,35-36,42,45,49,67H,5-10,13-14,23-28,30-32,34H2,1-4H3,(H,55,68)(H,56,70)(H,57,58)(H,61,69). The fourth-order valence-electron chi connectivity index (χ4n) is 9.53. The van der Waals surface area contributed by atoms with Gasteiger partial charge >= 0.3 is 0 Å². The Morgan fingerprint density at radius 2 is 1.59 bits per heavy atom. The van der Waals surface area contributed by atoms with Crippen molar-refractivity contribution in [3.63, 3.8) is 0 Å². The molecule has 19 heteroatoms. The van der Waals surface area contributed by atoms with E-state index in [4.69, 9.17) is 4.42 Å². The summed E-state index contributed by atoms with van der Waals surface area (Å²) in [5.74, 6) is 0.581. The van der Waals surface area contributed by atoms with E-state index in [0.717, 1.165) is 109 Å². The van der Waals surface area contributed by atoms with Crippen molar-refractivity contribution >= 4 is 52.2 Å². The maximum Gasteiger partial charge on any atom is 0.246 e. The first kappa shape index (κ1) is 52.6. The average molecular weight is 1020 g/mol. The number of aliphatic hydroxyl groups is 1. The number of β-amino-alcohol motifs (C(OH)–C–C–N with tert-alkyl or cyclic N) is 1. The van der Waals surface area contributed by atoms with Gasteiger partial charge < -0.3 is 40.6 Å². The number of nitrogens with one attached hydrogen (secondary N) is 4. The first-order valence-corrected chi connectivity index (χ1v) is 26.5. The van der Waals surface area contributed by atoms with E-state index in [9.17, 15) is 24.3 Å². The van der Waals surface area contributed by atoms with E-state index >= 15 is 0 Å². The summed E-state index contributed by atoms with van der Waals surface area (Å²) in [7, 11) is 0. The molecule has 0 radical (unpaired) electrons. The number of likely N-dealkylation sites (tertiary alicyclic amines) is 1. The lowest BCUT2D eigenvalue weighted by molar-refractivity contribution is -0.144. The highest BCUT2D eigenvalue weighted by Crippen LogP contribution is 2.30. The molecule has 2 aliphatic rings. The molecule has 6 heterocycles. The number of benzene rings is 2. The minimum atomic E-state index is -0.871. The van der Waals surface area contributed by atoms with E-state index in [2.05, 4.69) is 75.5 Å². The molecule has 5 N–H and O–H groups in total. The topological polar surface area (TPSA) is 215 Å². The highest BCUT2D eigenvalue weighted by atomic mass is 32.1. The third-order valence-corrected chi connectivity index (χ3v) is 14.7. The Bertz CT molecular complexity index is 2750. The van der Waals surface area contributed by atoms with Crippen LogP contribution in [0.2, 0.25) is 0 Å². The number of hydrogen-bond acceptors (Lipinski definition) is 14. The van der Waals surface area contributed by atoms with Gasteiger partial charge in [-0.15, -0.1) is 21.5 Å². The number of amides is 4. The molecule has 2 aliphatic heterocycles. The van der Waals surface area contributed by atoms with Crippen LogP contribution in [-0.2, 0) is 32.3 Å². The van der Waals surface area contributed by atoms with Gasteiger partial charge in [0.2, 0.25) is 29.6 Å². The number of fused-ring (bicyclic) bond motifs is 1. The molecule has 0 aliphatic carbocycles. The summed E-state index contributed by atoms with van der Waals surface area (Å²) in [6.07, 6.45) is 10.2. The normalized spacial score (nSPS) is 16.7. The second-order valence-electron chi connectivity index (χ2n) is 20.2. The molecule has 3 unspecified atom stereocenters. The van der Waals surface area contributed by atoms with E-state index in [-0.39, 0.29) is 49.6 Å². The number of unbranched alkanes of at least 4 members (excludes halogenated alkanes) is 4. The van der Waals surface area contributed by atoms with Gasteiger partial charge in [-0.3, -0.25) is 28.5 Å². The summed E-state index contributed by atoms with van der Waals surface area (Å²) in [5.41, 5.74) is 7.97. The van der Waals surface area contributed by atoms with Crippen LogP contribution in [0.4, 0.5) is 11.6 Å². The average Bonchev–Trinajstić information content (AvgIpc) is 4.24. The molecular weight excluding hydrogens is 945 g/mol. The van der Waals surface area contributed by atoms with Gasteiger partial charge in [-0.2, -0.15) is 0 Å². The monoisotopic (exact) mass is 1010 g/mol. The molecular formula is C54H70N12O6S. The predicted octanol–water partition coefficient (Wildman–Crippen LogP) is 6.60. The van der Waals surface area contributed by atoms with E-state index in [0.29, 0.717) is 31.9 Å². The molecule has 2 saturated heterocycles. The van der Waals surface area contributed by atoms with Crippen LogP contribution in [0.5, 0.6) is 0 Å². The van der Waals surface area contributed by atoms with Crippen LogP contribution in [0.3, 0.4) is 0 Å². The Kier molecular flexibility index (Phi) is 17.9. The van der Waals surface area contributed by atoms with E-state index in [1.807, 2.05) is 80.2 Å². The van der Waals surface area contributed by atoms with Gasteiger partial charge in [-0.25, -0.2) is 9.97 Å². The lowest BCUT2D eigenvalue weighted by atomic mass is 9.85. The molecule has 2 fully saturated rings. The van der Waals surface area contributed by atoms with E-state index in [1.54, 1.807) is 23.9 Å². The maximum atomic E-state index is 14.0.